The summed E-state index contributed by atoms with van der Waals surface area (Å²) in [6.07, 6.45) is 0. The van der Waals surface area contributed by atoms with Crippen LogP contribution in [-0.2, 0) is 19.6 Å². The number of hydrogen-bond acceptors (Lipinski definition) is 4. The van der Waals surface area contributed by atoms with Gasteiger partial charge in [0.2, 0.25) is 0 Å². The van der Waals surface area contributed by atoms with Gasteiger partial charge in [-0.2, -0.15) is 5.10 Å². The second-order valence-electron chi connectivity index (χ2n) is 4.12. The Labute approximate surface area is 116 Å². The van der Waals surface area contributed by atoms with Crippen molar-refractivity contribution in [2.24, 2.45) is 0 Å². The standard InChI is InChI=1S/C12H17ClN4S/c1-4-17-11(12(13)8(2)16-17)6-14-5-10-7-18-9(3)15-10/h7,14H,4-6H2,1-3H3. The summed E-state index contributed by atoms with van der Waals surface area (Å²) in [4.78, 5) is 4.41. The van der Waals surface area contributed by atoms with E-state index in [1.54, 1.807) is 11.3 Å². The Morgan fingerprint density at radius 2 is 2.17 bits per heavy atom. The zero-order valence-electron chi connectivity index (χ0n) is 10.8. The molecule has 0 atom stereocenters. The lowest BCUT2D eigenvalue weighted by Gasteiger charge is -2.06. The number of thiazole rings is 1. The van der Waals surface area contributed by atoms with E-state index in [9.17, 15) is 0 Å². The summed E-state index contributed by atoms with van der Waals surface area (Å²) in [5.41, 5.74) is 3.01. The molecule has 2 heterocycles. The second-order valence-corrected chi connectivity index (χ2v) is 5.56. The van der Waals surface area contributed by atoms with Gasteiger partial charge in [-0.1, -0.05) is 11.6 Å². The van der Waals surface area contributed by atoms with Crippen LogP contribution in [0.15, 0.2) is 5.38 Å². The number of nitrogens with zero attached hydrogens (tertiary/aromatic N) is 3. The Kier molecular flexibility index (Phi) is 4.37. The van der Waals surface area contributed by atoms with Crippen LogP contribution in [0.25, 0.3) is 0 Å². The van der Waals surface area contributed by atoms with Gasteiger partial charge >= 0.3 is 0 Å². The molecule has 0 saturated heterocycles. The van der Waals surface area contributed by atoms with Gasteiger partial charge in [0.1, 0.15) is 0 Å². The molecule has 0 aliphatic carbocycles. The second kappa shape index (κ2) is 5.82. The molecule has 2 aromatic rings. The third kappa shape index (κ3) is 2.91. The molecule has 0 radical (unpaired) electrons. The first-order chi connectivity index (χ1) is 8.61. The Balaban J connectivity index is 1.98. The Hall–Kier alpha value is -0.910. The summed E-state index contributed by atoms with van der Waals surface area (Å²) in [5, 5.41) is 11.7. The summed E-state index contributed by atoms with van der Waals surface area (Å²) in [6, 6.07) is 0. The van der Waals surface area contributed by atoms with E-state index in [4.69, 9.17) is 11.6 Å². The lowest BCUT2D eigenvalue weighted by atomic mass is 10.3. The molecule has 0 spiro atoms. The smallest absolute Gasteiger partial charge is 0.0897 e. The van der Waals surface area contributed by atoms with Crippen molar-refractivity contribution in [2.45, 2.75) is 40.4 Å². The SMILES string of the molecule is CCn1nc(C)c(Cl)c1CNCc1csc(C)n1. The predicted molar refractivity (Wildman–Crippen MR) is 75.0 cm³/mol. The highest BCUT2D eigenvalue weighted by Gasteiger charge is 2.11. The summed E-state index contributed by atoms with van der Waals surface area (Å²) in [6.45, 7) is 8.32. The molecule has 2 rings (SSSR count). The molecule has 6 heteroatoms. The fourth-order valence-corrected chi connectivity index (χ4v) is 2.65. The quantitative estimate of drug-likeness (QED) is 0.918. The normalized spacial score (nSPS) is 11.1. The molecule has 0 aromatic carbocycles. The first-order valence-corrected chi connectivity index (χ1v) is 7.21. The lowest BCUT2D eigenvalue weighted by Crippen LogP contribution is -2.16. The van der Waals surface area contributed by atoms with E-state index < -0.39 is 0 Å². The van der Waals surface area contributed by atoms with E-state index in [-0.39, 0.29) is 0 Å². The van der Waals surface area contributed by atoms with Gasteiger partial charge in [0.25, 0.3) is 0 Å². The molecule has 18 heavy (non-hydrogen) atoms. The minimum Gasteiger partial charge on any atom is -0.305 e. The van der Waals surface area contributed by atoms with Gasteiger partial charge in [0, 0.05) is 25.0 Å². The highest BCUT2D eigenvalue weighted by atomic mass is 35.5. The van der Waals surface area contributed by atoms with E-state index in [1.165, 1.54) is 0 Å². The maximum Gasteiger partial charge on any atom is 0.0897 e. The van der Waals surface area contributed by atoms with E-state index in [0.29, 0.717) is 6.54 Å². The van der Waals surface area contributed by atoms with Crippen LogP contribution in [0, 0.1) is 13.8 Å². The number of rotatable bonds is 5. The summed E-state index contributed by atoms with van der Waals surface area (Å²) < 4.78 is 1.94. The lowest BCUT2D eigenvalue weighted by molar-refractivity contribution is 0.577. The molecular weight excluding hydrogens is 268 g/mol. The van der Waals surface area contributed by atoms with E-state index in [0.717, 1.165) is 40.2 Å². The number of hydrogen-bond donors (Lipinski definition) is 1. The van der Waals surface area contributed by atoms with Crippen molar-refractivity contribution in [1.29, 1.82) is 0 Å². The number of aromatic nitrogens is 3. The van der Waals surface area contributed by atoms with Crippen molar-refractivity contribution in [3.05, 3.63) is 32.5 Å². The molecule has 0 saturated carbocycles. The van der Waals surface area contributed by atoms with Crippen LogP contribution in [0.1, 0.15) is 29.0 Å². The molecule has 0 bridgehead atoms. The van der Waals surface area contributed by atoms with Gasteiger partial charge in [-0.3, -0.25) is 4.68 Å². The van der Waals surface area contributed by atoms with Crippen molar-refractivity contribution < 1.29 is 0 Å². The Morgan fingerprint density at radius 1 is 1.39 bits per heavy atom. The highest BCUT2D eigenvalue weighted by molar-refractivity contribution is 7.09. The zero-order chi connectivity index (χ0) is 13.1. The Morgan fingerprint density at radius 3 is 2.78 bits per heavy atom. The largest absolute Gasteiger partial charge is 0.305 e. The van der Waals surface area contributed by atoms with Crippen LogP contribution >= 0.6 is 22.9 Å². The molecule has 98 valence electrons. The third-order valence-corrected chi connectivity index (χ3v) is 4.03. The van der Waals surface area contributed by atoms with Crippen molar-refractivity contribution in [2.75, 3.05) is 0 Å². The Bertz CT molecular complexity index is 532. The van der Waals surface area contributed by atoms with Crippen molar-refractivity contribution in [1.82, 2.24) is 20.1 Å². The van der Waals surface area contributed by atoms with Crippen LogP contribution in [-0.4, -0.2) is 14.8 Å². The summed E-state index contributed by atoms with van der Waals surface area (Å²) in [5.74, 6) is 0. The molecule has 0 amide bonds. The van der Waals surface area contributed by atoms with Gasteiger partial charge in [0.05, 0.1) is 27.1 Å². The number of aryl methyl sites for hydroxylation is 3. The zero-order valence-corrected chi connectivity index (χ0v) is 12.4. The van der Waals surface area contributed by atoms with Gasteiger partial charge in [0.15, 0.2) is 0 Å². The predicted octanol–water partition coefficient (Wildman–Crippen LogP) is 2.92. The first kappa shape index (κ1) is 13.5. The summed E-state index contributed by atoms with van der Waals surface area (Å²) >= 11 is 7.91. The molecule has 0 aliphatic heterocycles. The van der Waals surface area contributed by atoms with Gasteiger partial charge in [-0.05, 0) is 20.8 Å². The van der Waals surface area contributed by atoms with E-state index in [2.05, 4.69) is 27.7 Å². The number of nitrogens with one attached hydrogen (secondary N) is 1. The average Bonchev–Trinajstić information content (AvgIpc) is 2.87. The molecule has 0 aliphatic rings. The maximum atomic E-state index is 6.24. The van der Waals surface area contributed by atoms with Gasteiger partial charge in [-0.25, -0.2) is 4.98 Å². The van der Waals surface area contributed by atoms with Gasteiger partial charge in [-0.15, -0.1) is 11.3 Å². The highest BCUT2D eigenvalue weighted by Crippen LogP contribution is 2.20. The van der Waals surface area contributed by atoms with Crippen LogP contribution in [0.3, 0.4) is 0 Å². The molecule has 0 unspecified atom stereocenters. The third-order valence-electron chi connectivity index (χ3n) is 2.72. The molecule has 2 aromatic heterocycles. The topological polar surface area (TPSA) is 42.7 Å². The summed E-state index contributed by atoms with van der Waals surface area (Å²) in [7, 11) is 0. The first-order valence-electron chi connectivity index (χ1n) is 5.95. The van der Waals surface area contributed by atoms with Crippen LogP contribution in [0.4, 0.5) is 0 Å². The van der Waals surface area contributed by atoms with Crippen molar-refractivity contribution in [3.63, 3.8) is 0 Å². The fraction of sp³-hybridized carbons (Fsp3) is 0.500. The minimum atomic E-state index is 0.712. The van der Waals surface area contributed by atoms with Crippen molar-refractivity contribution in [3.8, 4) is 0 Å². The van der Waals surface area contributed by atoms with Crippen molar-refractivity contribution >= 4 is 22.9 Å². The monoisotopic (exact) mass is 284 g/mol. The van der Waals surface area contributed by atoms with Crippen LogP contribution < -0.4 is 5.32 Å². The fourth-order valence-electron chi connectivity index (χ4n) is 1.84. The number of halogens is 1. The molecule has 1 N–H and O–H groups in total. The van der Waals surface area contributed by atoms with E-state index in [1.807, 2.05) is 18.5 Å². The average molecular weight is 285 g/mol. The molecular formula is C12H17ClN4S. The van der Waals surface area contributed by atoms with Crippen LogP contribution in [0.5, 0.6) is 0 Å². The van der Waals surface area contributed by atoms with Crippen LogP contribution in [0.2, 0.25) is 5.02 Å². The maximum absolute atomic E-state index is 6.24. The van der Waals surface area contributed by atoms with Gasteiger partial charge < -0.3 is 5.32 Å². The molecule has 0 fully saturated rings. The minimum absolute atomic E-state index is 0.712. The van der Waals surface area contributed by atoms with E-state index >= 15 is 0 Å². The molecule has 4 nitrogen and oxygen atoms in total.